The molecule has 2 aliphatic rings. The van der Waals surface area contributed by atoms with Crippen molar-refractivity contribution in [2.45, 2.75) is 57.8 Å². The number of piperidine rings is 1. The van der Waals surface area contributed by atoms with Gasteiger partial charge in [-0.25, -0.2) is 0 Å². The first kappa shape index (κ1) is 27.9. The second-order valence-electron chi connectivity index (χ2n) is 9.99. The van der Waals surface area contributed by atoms with Crippen molar-refractivity contribution in [1.82, 2.24) is 20.8 Å². The maximum absolute atomic E-state index is 13.0. The molecule has 3 heterocycles. The molecule has 0 unspecified atom stereocenters. The van der Waals surface area contributed by atoms with E-state index in [0.717, 1.165) is 41.5 Å². The van der Waals surface area contributed by atoms with Gasteiger partial charge in [-0.15, -0.1) is 10.2 Å². The molecule has 1 saturated heterocycles. The second kappa shape index (κ2) is 13.1. The Morgan fingerprint density at radius 2 is 2.05 bits per heavy atom. The molecule has 0 spiro atoms. The van der Waals surface area contributed by atoms with Gasteiger partial charge in [0.25, 0.3) is 5.91 Å². The molecule has 0 aliphatic carbocycles. The number of ether oxygens (including phenoxy) is 3. The number of fused-ring (bicyclic) bond motifs is 5. The number of hydrogen-bond donors (Lipinski definition) is 2. The average Bonchev–Trinajstić information content (AvgIpc) is 3.43. The lowest BCUT2D eigenvalue weighted by molar-refractivity contribution is -0.123. The van der Waals surface area contributed by atoms with E-state index in [0.29, 0.717) is 48.9 Å². The highest BCUT2D eigenvalue weighted by Crippen LogP contribution is 2.29. The highest BCUT2D eigenvalue weighted by molar-refractivity contribution is 7.15. The van der Waals surface area contributed by atoms with Crippen molar-refractivity contribution >= 4 is 28.3 Å². The predicted octanol–water partition coefficient (Wildman–Crippen LogP) is 4.10. The summed E-state index contributed by atoms with van der Waals surface area (Å²) in [4.78, 5) is 28.0. The number of hydrogen-bond acceptors (Lipinski definition) is 9. The lowest BCUT2D eigenvalue weighted by atomic mass is 10.0. The number of carbonyl (C=O) groups excluding carboxylic acids is 2. The Hall–Kier alpha value is -3.70. The van der Waals surface area contributed by atoms with Crippen LogP contribution < -0.4 is 25.0 Å². The predicted molar refractivity (Wildman–Crippen MR) is 152 cm³/mol. The number of amides is 2. The van der Waals surface area contributed by atoms with E-state index in [-0.39, 0.29) is 30.4 Å². The van der Waals surface area contributed by atoms with Gasteiger partial charge in [-0.2, -0.15) is 0 Å². The molecule has 0 saturated carbocycles. The normalized spacial score (nSPS) is 20.3. The molecule has 11 heteroatoms. The van der Waals surface area contributed by atoms with E-state index in [4.69, 9.17) is 14.2 Å². The van der Waals surface area contributed by atoms with E-state index in [1.807, 2.05) is 24.3 Å². The van der Waals surface area contributed by atoms with Crippen molar-refractivity contribution in [1.29, 1.82) is 0 Å². The van der Waals surface area contributed by atoms with Gasteiger partial charge in [0.2, 0.25) is 11.0 Å². The van der Waals surface area contributed by atoms with Crippen LogP contribution in [0.1, 0.15) is 53.5 Å². The Kier molecular flexibility index (Phi) is 9.12. The summed E-state index contributed by atoms with van der Waals surface area (Å²) >= 11 is 1.61. The number of methoxy groups -OCH3 is 1. The van der Waals surface area contributed by atoms with E-state index in [1.165, 1.54) is 0 Å². The fourth-order valence-electron chi connectivity index (χ4n) is 4.88. The SMILES string of the molecule is CCCc1nnc(N2CC[C@@H]3OCc4cccc(c4)Oc4cc(OC)cc(c4)C(=O)NCCCC(=O)N[C@H]3C2)s1. The molecule has 10 nitrogen and oxygen atoms in total. The molecule has 4 bridgehead atoms. The zero-order valence-corrected chi connectivity index (χ0v) is 23.7. The third kappa shape index (κ3) is 7.08. The minimum absolute atomic E-state index is 0.0705. The van der Waals surface area contributed by atoms with Gasteiger partial charge in [-0.05, 0) is 49.1 Å². The number of benzene rings is 2. The molecule has 2 N–H and O–H groups in total. The molecule has 1 aromatic heterocycles. The summed E-state index contributed by atoms with van der Waals surface area (Å²) in [6.45, 7) is 4.23. The number of anilines is 1. The van der Waals surface area contributed by atoms with Crippen LogP contribution in [0.15, 0.2) is 42.5 Å². The lowest BCUT2D eigenvalue weighted by Crippen LogP contribution is -2.56. The molecular formula is C29H35N5O5S. The van der Waals surface area contributed by atoms with Crippen LogP contribution in [0.4, 0.5) is 5.13 Å². The van der Waals surface area contributed by atoms with Gasteiger partial charge < -0.3 is 29.7 Å². The van der Waals surface area contributed by atoms with Gasteiger partial charge in [-0.1, -0.05) is 30.4 Å². The summed E-state index contributed by atoms with van der Waals surface area (Å²) in [5, 5.41) is 16.7. The van der Waals surface area contributed by atoms with Gasteiger partial charge in [0.05, 0.1) is 25.9 Å². The van der Waals surface area contributed by atoms with Gasteiger partial charge in [-0.3, -0.25) is 9.59 Å². The van der Waals surface area contributed by atoms with Crippen LogP contribution in [0.2, 0.25) is 0 Å². The minimum atomic E-state index is -0.255. The van der Waals surface area contributed by atoms with Crippen molar-refractivity contribution in [2.24, 2.45) is 0 Å². The number of nitrogens with zero attached hydrogens (tertiary/aromatic N) is 3. The first-order chi connectivity index (χ1) is 19.5. The van der Waals surface area contributed by atoms with Crippen molar-refractivity contribution in [2.75, 3.05) is 31.6 Å². The van der Waals surface area contributed by atoms with Gasteiger partial charge >= 0.3 is 0 Å². The maximum atomic E-state index is 13.0. The molecule has 0 radical (unpaired) electrons. The second-order valence-corrected chi connectivity index (χ2v) is 11.0. The fraction of sp³-hybridized carbons (Fsp3) is 0.448. The molecule has 5 rings (SSSR count). The average molecular weight is 566 g/mol. The summed E-state index contributed by atoms with van der Waals surface area (Å²) in [5.41, 5.74) is 1.36. The quantitative estimate of drug-likeness (QED) is 0.486. The topological polar surface area (TPSA) is 115 Å². The van der Waals surface area contributed by atoms with E-state index in [9.17, 15) is 9.59 Å². The Morgan fingerprint density at radius 3 is 2.90 bits per heavy atom. The smallest absolute Gasteiger partial charge is 0.251 e. The van der Waals surface area contributed by atoms with E-state index in [2.05, 4.69) is 32.7 Å². The van der Waals surface area contributed by atoms with E-state index >= 15 is 0 Å². The van der Waals surface area contributed by atoms with Crippen LogP contribution in [-0.2, 0) is 22.6 Å². The van der Waals surface area contributed by atoms with Crippen LogP contribution in [0.5, 0.6) is 17.2 Å². The lowest BCUT2D eigenvalue weighted by Gasteiger charge is -2.38. The first-order valence-corrected chi connectivity index (χ1v) is 14.5. The van der Waals surface area contributed by atoms with Crippen LogP contribution in [0.25, 0.3) is 0 Å². The number of rotatable bonds is 4. The fourth-order valence-corrected chi connectivity index (χ4v) is 5.85. The first-order valence-electron chi connectivity index (χ1n) is 13.7. The van der Waals surface area contributed by atoms with Crippen molar-refractivity contribution < 1.29 is 23.8 Å². The Morgan fingerprint density at radius 1 is 1.15 bits per heavy atom. The largest absolute Gasteiger partial charge is 0.497 e. The Balaban J connectivity index is 1.35. The molecular weight excluding hydrogens is 530 g/mol. The number of aryl methyl sites for hydroxylation is 1. The third-order valence-electron chi connectivity index (χ3n) is 6.93. The number of carbonyl (C=O) groups is 2. The molecule has 1 fully saturated rings. The minimum Gasteiger partial charge on any atom is -0.497 e. The number of aromatic nitrogens is 2. The zero-order valence-electron chi connectivity index (χ0n) is 22.9. The third-order valence-corrected chi connectivity index (χ3v) is 7.97. The van der Waals surface area contributed by atoms with Crippen molar-refractivity contribution in [3.63, 3.8) is 0 Å². The summed E-state index contributed by atoms with van der Waals surface area (Å²) in [7, 11) is 1.55. The highest BCUT2D eigenvalue weighted by Gasteiger charge is 2.32. The molecule has 2 aromatic carbocycles. The number of nitrogens with one attached hydrogen (secondary N) is 2. The van der Waals surface area contributed by atoms with Crippen molar-refractivity contribution in [3.8, 4) is 17.2 Å². The molecule has 40 heavy (non-hydrogen) atoms. The summed E-state index contributed by atoms with van der Waals surface area (Å²) in [5.74, 6) is 1.31. The van der Waals surface area contributed by atoms with E-state index in [1.54, 1.807) is 36.6 Å². The van der Waals surface area contributed by atoms with Crippen molar-refractivity contribution in [3.05, 3.63) is 58.6 Å². The van der Waals surface area contributed by atoms with E-state index < -0.39 is 0 Å². The molecule has 2 amide bonds. The monoisotopic (exact) mass is 565 g/mol. The standard InChI is InChI=1S/C29H35N5O5S/c1-3-6-27-32-33-29(40-27)34-12-10-25-24(17-34)31-26(35)9-5-11-30-28(36)20-14-22(37-2)16-23(15-20)39-21-8-4-7-19(13-21)18-38-25/h4,7-8,13-16,24-25H,3,5-6,9-12,17-18H2,1-2H3,(H,30,36)(H,31,35)/t24-,25-/m0/s1. The van der Waals surface area contributed by atoms with Crippen LogP contribution >= 0.6 is 11.3 Å². The zero-order chi connectivity index (χ0) is 27.9. The Bertz CT molecular complexity index is 1330. The highest BCUT2D eigenvalue weighted by atomic mass is 32.1. The molecule has 212 valence electrons. The van der Waals surface area contributed by atoms with Crippen LogP contribution in [0.3, 0.4) is 0 Å². The van der Waals surface area contributed by atoms with Crippen LogP contribution in [-0.4, -0.2) is 60.9 Å². The Labute approximate surface area is 238 Å². The maximum Gasteiger partial charge on any atom is 0.251 e. The molecule has 2 atom stereocenters. The van der Waals surface area contributed by atoms with Gasteiger partial charge in [0.1, 0.15) is 22.3 Å². The van der Waals surface area contributed by atoms with Gasteiger partial charge in [0, 0.05) is 44.1 Å². The van der Waals surface area contributed by atoms with Gasteiger partial charge in [0.15, 0.2) is 0 Å². The molecule has 2 aliphatic heterocycles. The summed E-state index contributed by atoms with van der Waals surface area (Å²) in [6.07, 6.45) is 3.32. The molecule has 3 aromatic rings. The summed E-state index contributed by atoms with van der Waals surface area (Å²) in [6, 6.07) is 12.5. The summed E-state index contributed by atoms with van der Waals surface area (Å²) < 4.78 is 17.9. The van der Waals surface area contributed by atoms with Crippen LogP contribution in [0, 0.1) is 0 Å².